The summed E-state index contributed by atoms with van der Waals surface area (Å²) in [5.41, 5.74) is 2.28. The summed E-state index contributed by atoms with van der Waals surface area (Å²) < 4.78 is 11.6. The normalized spacial score (nSPS) is 12.4. The summed E-state index contributed by atoms with van der Waals surface area (Å²) in [4.78, 5) is 3.39. The Hall–Kier alpha value is -1.06. The van der Waals surface area contributed by atoms with Gasteiger partial charge in [0, 0.05) is 20.9 Å². The van der Waals surface area contributed by atoms with E-state index < -0.39 is 10.8 Å². The van der Waals surface area contributed by atoms with E-state index in [0.29, 0.717) is 0 Å². The quantitative estimate of drug-likeness (QED) is 0.836. The van der Waals surface area contributed by atoms with E-state index in [0.717, 1.165) is 10.5 Å². The van der Waals surface area contributed by atoms with E-state index in [1.807, 2.05) is 31.2 Å². The van der Waals surface area contributed by atoms with Crippen LogP contribution in [0.25, 0.3) is 0 Å². The molecule has 0 saturated carbocycles. The van der Waals surface area contributed by atoms with Gasteiger partial charge < -0.3 is 0 Å². The van der Waals surface area contributed by atoms with E-state index in [1.165, 1.54) is 15.4 Å². The Labute approximate surface area is 115 Å². The van der Waals surface area contributed by atoms with Gasteiger partial charge in [-0.25, -0.2) is 0 Å². The molecular weight excluding hydrogens is 260 g/mol. The predicted octanol–water partition coefficient (Wildman–Crippen LogP) is 4.19. The van der Waals surface area contributed by atoms with Crippen LogP contribution >= 0.6 is 11.8 Å². The van der Waals surface area contributed by atoms with Crippen molar-refractivity contribution in [1.82, 2.24) is 0 Å². The van der Waals surface area contributed by atoms with Crippen LogP contribution in [0.1, 0.15) is 11.1 Å². The van der Waals surface area contributed by atoms with Crippen LogP contribution in [0.2, 0.25) is 0 Å². The molecule has 0 aliphatic rings. The maximum atomic E-state index is 11.6. The van der Waals surface area contributed by atoms with Crippen molar-refractivity contribution in [3.05, 3.63) is 53.6 Å². The zero-order valence-electron chi connectivity index (χ0n) is 10.8. The summed E-state index contributed by atoms with van der Waals surface area (Å²) in [6, 6.07) is 14.5. The first-order chi connectivity index (χ1) is 8.58. The molecule has 1 nitrogen and oxygen atoms in total. The number of hydrogen-bond donors (Lipinski definition) is 0. The lowest BCUT2D eigenvalue weighted by molar-refractivity contribution is 0.686. The molecule has 0 bridgehead atoms. The molecule has 2 aromatic carbocycles. The second-order valence-corrected chi connectivity index (χ2v) is 6.72. The highest BCUT2D eigenvalue weighted by Crippen LogP contribution is 2.32. The minimum Gasteiger partial charge on any atom is -0.255 e. The number of aryl methyl sites for hydroxylation is 2. The molecule has 94 valence electrons. The summed E-state index contributed by atoms with van der Waals surface area (Å²) in [7, 11) is -0.915. The van der Waals surface area contributed by atoms with Gasteiger partial charge in [-0.15, -0.1) is 0 Å². The summed E-state index contributed by atoms with van der Waals surface area (Å²) in [5, 5.41) is 0. The van der Waals surface area contributed by atoms with Crippen LogP contribution in [-0.2, 0) is 10.8 Å². The first kappa shape index (κ1) is 13.4. The van der Waals surface area contributed by atoms with Crippen LogP contribution in [0.5, 0.6) is 0 Å². The van der Waals surface area contributed by atoms with Gasteiger partial charge in [-0.2, -0.15) is 0 Å². The smallest absolute Gasteiger partial charge is 0.0500 e. The molecule has 3 heteroatoms. The molecule has 0 aromatic heterocycles. The van der Waals surface area contributed by atoms with E-state index in [2.05, 4.69) is 25.1 Å². The summed E-state index contributed by atoms with van der Waals surface area (Å²) in [6.45, 7) is 4.09. The third-order valence-corrected chi connectivity index (χ3v) is 4.98. The van der Waals surface area contributed by atoms with Gasteiger partial charge in [-0.1, -0.05) is 30.0 Å². The van der Waals surface area contributed by atoms with Gasteiger partial charge in [-0.3, -0.25) is 4.21 Å². The minimum absolute atomic E-state index is 0.915. The first-order valence-electron chi connectivity index (χ1n) is 5.75. The van der Waals surface area contributed by atoms with Crippen molar-refractivity contribution in [3.8, 4) is 0 Å². The molecule has 0 heterocycles. The van der Waals surface area contributed by atoms with Crippen molar-refractivity contribution in [2.45, 2.75) is 28.5 Å². The third kappa shape index (κ3) is 3.03. The lowest BCUT2D eigenvalue weighted by atomic mass is 10.2. The van der Waals surface area contributed by atoms with E-state index in [1.54, 1.807) is 18.0 Å². The fraction of sp³-hybridized carbons (Fsp3) is 0.200. The third-order valence-electron chi connectivity index (χ3n) is 2.75. The number of hydrogen-bond acceptors (Lipinski definition) is 2. The SMILES string of the molecule is Cc1cc(S(C)=O)c(C)cc1Sc1ccccc1. The van der Waals surface area contributed by atoms with Crippen molar-refractivity contribution in [3.63, 3.8) is 0 Å². The fourth-order valence-corrected chi connectivity index (χ4v) is 3.66. The van der Waals surface area contributed by atoms with E-state index in [4.69, 9.17) is 0 Å². The highest BCUT2D eigenvalue weighted by molar-refractivity contribution is 7.99. The molecule has 0 spiro atoms. The topological polar surface area (TPSA) is 17.1 Å². The van der Waals surface area contributed by atoms with Crippen molar-refractivity contribution in [1.29, 1.82) is 0 Å². The summed E-state index contributed by atoms with van der Waals surface area (Å²) in [5.74, 6) is 0. The van der Waals surface area contributed by atoms with E-state index in [9.17, 15) is 4.21 Å². The average molecular weight is 276 g/mol. The van der Waals surface area contributed by atoms with Gasteiger partial charge in [0.15, 0.2) is 0 Å². The Morgan fingerprint density at radius 2 is 1.67 bits per heavy atom. The van der Waals surface area contributed by atoms with Gasteiger partial charge >= 0.3 is 0 Å². The molecule has 2 rings (SSSR count). The predicted molar refractivity (Wildman–Crippen MR) is 78.8 cm³/mol. The maximum Gasteiger partial charge on any atom is 0.0500 e. The zero-order chi connectivity index (χ0) is 13.1. The van der Waals surface area contributed by atoms with Crippen LogP contribution in [0.4, 0.5) is 0 Å². The van der Waals surface area contributed by atoms with Gasteiger partial charge in [0.25, 0.3) is 0 Å². The Kier molecular flexibility index (Phi) is 4.25. The van der Waals surface area contributed by atoms with Gasteiger partial charge in [0.05, 0.1) is 10.8 Å². The Morgan fingerprint density at radius 1 is 1.00 bits per heavy atom. The van der Waals surface area contributed by atoms with E-state index in [-0.39, 0.29) is 0 Å². The molecule has 0 N–H and O–H groups in total. The lowest BCUT2D eigenvalue weighted by Gasteiger charge is -2.10. The molecule has 0 radical (unpaired) electrons. The standard InChI is InChI=1S/C15H16OS2/c1-11-10-15(18(3)16)12(2)9-14(11)17-13-7-5-4-6-8-13/h4-10H,1-3H3. The largest absolute Gasteiger partial charge is 0.255 e. The summed E-state index contributed by atoms with van der Waals surface area (Å²) in [6.07, 6.45) is 1.73. The molecule has 0 aliphatic carbocycles. The number of rotatable bonds is 3. The summed E-state index contributed by atoms with van der Waals surface area (Å²) >= 11 is 1.75. The molecule has 1 unspecified atom stereocenters. The minimum atomic E-state index is -0.915. The monoisotopic (exact) mass is 276 g/mol. The van der Waals surface area contributed by atoms with Crippen molar-refractivity contribution >= 4 is 22.6 Å². The van der Waals surface area contributed by atoms with Crippen molar-refractivity contribution in [2.24, 2.45) is 0 Å². The highest BCUT2D eigenvalue weighted by Gasteiger charge is 2.08. The van der Waals surface area contributed by atoms with Gasteiger partial charge in [-0.05, 0) is 49.2 Å². The molecule has 0 aliphatic heterocycles. The second kappa shape index (κ2) is 5.72. The zero-order valence-corrected chi connectivity index (χ0v) is 12.4. The molecular formula is C15H16OS2. The van der Waals surface area contributed by atoms with Crippen molar-refractivity contribution in [2.75, 3.05) is 6.26 Å². The van der Waals surface area contributed by atoms with Crippen LogP contribution in [0.3, 0.4) is 0 Å². The molecule has 0 fully saturated rings. The van der Waals surface area contributed by atoms with Crippen LogP contribution in [0.15, 0.2) is 57.2 Å². The average Bonchev–Trinajstić information content (AvgIpc) is 2.34. The van der Waals surface area contributed by atoms with Crippen molar-refractivity contribution < 1.29 is 4.21 Å². The van der Waals surface area contributed by atoms with E-state index >= 15 is 0 Å². The Morgan fingerprint density at radius 3 is 2.28 bits per heavy atom. The van der Waals surface area contributed by atoms with Gasteiger partial charge in [0.1, 0.15) is 0 Å². The highest BCUT2D eigenvalue weighted by atomic mass is 32.2. The Bertz CT molecular complexity index is 577. The lowest BCUT2D eigenvalue weighted by Crippen LogP contribution is -1.94. The van der Waals surface area contributed by atoms with Crippen LogP contribution in [-0.4, -0.2) is 10.5 Å². The molecule has 1 atom stereocenters. The molecule has 0 saturated heterocycles. The molecule has 18 heavy (non-hydrogen) atoms. The van der Waals surface area contributed by atoms with Gasteiger partial charge in [0.2, 0.25) is 0 Å². The van der Waals surface area contributed by atoms with Crippen LogP contribution < -0.4 is 0 Å². The number of benzene rings is 2. The maximum absolute atomic E-state index is 11.6. The second-order valence-electron chi connectivity index (χ2n) is 4.25. The molecule has 0 amide bonds. The Balaban J connectivity index is 2.35. The fourth-order valence-electron chi connectivity index (χ4n) is 1.80. The first-order valence-corrected chi connectivity index (χ1v) is 8.13. The molecule has 2 aromatic rings. The van der Waals surface area contributed by atoms with Crippen LogP contribution in [0, 0.1) is 13.8 Å².